The van der Waals surface area contributed by atoms with Gasteiger partial charge in [0.15, 0.2) is 5.78 Å². The van der Waals surface area contributed by atoms with Gasteiger partial charge in [-0.1, -0.05) is 75.4 Å². The number of rotatable bonds is 5. The molecule has 0 saturated carbocycles. The van der Waals surface area contributed by atoms with Gasteiger partial charge in [-0.3, -0.25) is 19.3 Å². The third-order valence-corrected chi connectivity index (χ3v) is 4.69. The molecule has 2 aromatic rings. The molecule has 6 nitrogen and oxygen atoms in total. The lowest BCUT2D eigenvalue weighted by molar-refractivity contribution is -0.143. The molecule has 0 aromatic heterocycles. The summed E-state index contributed by atoms with van der Waals surface area (Å²) in [7, 11) is 0. The molecule has 28 heavy (non-hydrogen) atoms. The second-order valence-electron chi connectivity index (χ2n) is 7.80. The number of carbonyl (C=O) groups excluding carboxylic acids is 4. The summed E-state index contributed by atoms with van der Waals surface area (Å²) in [4.78, 5) is 51.1. The average molecular weight is 378 g/mol. The number of Topliss-reactive ketones (excluding diaryl/α,β-unsaturated/α-hetero) is 1. The Hall–Kier alpha value is -3.28. The molecule has 2 aromatic carbocycles. The maximum absolute atomic E-state index is 12.5. The van der Waals surface area contributed by atoms with Gasteiger partial charge >= 0.3 is 17.8 Å². The first-order chi connectivity index (χ1) is 13.2. The molecule has 3 rings (SSSR count). The van der Waals surface area contributed by atoms with E-state index in [0.717, 1.165) is 16.0 Å². The van der Waals surface area contributed by atoms with Crippen molar-refractivity contribution < 1.29 is 19.2 Å². The van der Waals surface area contributed by atoms with Gasteiger partial charge in [-0.2, -0.15) is 0 Å². The van der Waals surface area contributed by atoms with Crippen LogP contribution in [0, 0.1) is 0 Å². The number of amides is 4. The summed E-state index contributed by atoms with van der Waals surface area (Å²) >= 11 is 0. The lowest BCUT2D eigenvalue weighted by Gasteiger charge is -2.19. The first-order valence-corrected chi connectivity index (χ1v) is 9.03. The minimum absolute atomic E-state index is 0.00475. The summed E-state index contributed by atoms with van der Waals surface area (Å²) in [5, 5.41) is 0. The highest BCUT2D eigenvalue weighted by molar-refractivity contribution is 6.45. The molecular formula is C22H22N2O4. The molecule has 4 amide bonds. The smallest absolute Gasteiger partial charge is 0.292 e. The predicted molar refractivity (Wildman–Crippen MR) is 104 cm³/mol. The molecule has 0 bridgehead atoms. The van der Waals surface area contributed by atoms with Gasteiger partial charge in [-0.25, -0.2) is 9.69 Å². The zero-order valence-corrected chi connectivity index (χ0v) is 16.1. The third kappa shape index (κ3) is 3.86. The van der Waals surface area contributed by atoms with E-state index in [0.29, 0.717) is 10.5 Å². The van der Waals surface area contributed by atoms with Crippen LogP contribution in [-0.4, -0.2) is 40.0 Å². The molecule has 0 spiro atoms. The van der Waals surface area contributed by atoms with Crippen LogP contribution in [0.1, 0.15) is 42.3 Å². The molecular weight excluding hydrogens is 356 g/mol. The average Bonchev–Trinajstić information content (AvgIpc) is 2.86. The van der Waals surface area contributed by atoms with Crippen LogP contribution in [0.15, 0.2) is 54.6 Å². The second-order valence-corrected chi connectivity index (χ2v) is 7.80. The summed E-state index contributed by atoms with van der Waals surface area (Å²) in [5.74, 6) is -2.28. The van der Waals surface area contributed by atoms with Crippen molar-refractivity contribution in [3.05, 3.63) is 71.3 Å². The molecule has 1 aliphatic heterocycles. The largest absolute Gasteiger partial charge is 0.334 e. The molecule has 0 N–H and O–H groups in total. The first-order valence-electron chi connectivity index (χ1n) is 9.03. The molecule has 1 heterocycles. The van der Waals surface area contributed by atoms with Gasteiger partial charge < -0.3 is 0 Å². The second kappa shape index (κ2) is 7.38. The van der Waals surface area contributed by atoms with E-state index in [1.54, 1.807) is 36.4 Å². The van der Waals surface area contributed by atoms with Crippen LogP contribution < -0.4 is 0 Å². The number of imide groups is 2. The fourth-order valence-electron chi connectivity index (χ4n) is 2.99. The molecule has 0 aliphatic carbocycles. The Morgan fingerprint density at radius 3 is 1.96 bits per heavy atom. The van der Waals surface area contributed by atoms with Gasteiger partial charge in [0.2, 0.25) is 0 Å². The van der Waals surface area contributed by atoms with Crippen molar-refractivity contribution >= 4 is 23.6 Å². The molecule has 1 fully saturated rings. The molecule has 144 valence electrons. The number of carbonyl (C=O) groups is 4. The Labute approximate surface area is 163 Å². The summed E-state index contributed by atoms with van der Waals surface area (Å²) in [6.07, 6.45) is 0. The van der Waals surface area contributed by atoms with Crippen molar-refractivity contribution in [2.45, 2.75) is 32.7 Å². The highest BCUT2D eigenvalue weighted by atomic mass is 16.2. The Morgan fingerprint density at radius 1 is 0.821 bits per heavy atom. The van der Waals surface area contributed by atoms with Gasteiger partial charge in [-0.15, -0.1) is 0 Å². The number of hydrogen-bond donors (Lipinski definition) is 0. The van der Waals surface area contributed by atoms with E-state index >= 15 is 0 Å². The van der Waals surface area contributed by atoms with E-state index in [1.807, 2.05) is 18.2 Å². The summed E-state index contributed by atoms with van der Waals surface area (Å²) in [6.45, 7) is 5.74. The van der Waals surface area contributed by atoms with Gasteiger partial charge in [-0.05, 0) is 16.5 Å². The van der Waals surface area contributed by atoms with Crippen molar-refractivity contribution in [2.24, 2.45) is 0 Å². The van der Waals surface area contributed by atoms with Crippen LogP contribution in [0.2, 0.25) is 0 Å². The fourth-order valence-corrected chi connectivity index (χ4v) is 2.99. The van der Waals surface area contributed by atoms with Gasteiger partial charge in [0.25, 0.3) is 0 Å². The first kappa shape index (κ1) is 19.5. The lowest BCUT2D eigenvalue weighted by Crippen LogP contribution is -2.36. The molecule has 6 heteroatoms. The highest BCUT2D eigenvalue weighted by Crippen LogP contribution is 2.23. The van der Waals surface area contributed by atoms with Crippen molar-refractivity contribution in [3.8, 4) is 0 Å². The Balaban J connectivity index is 1.73. The Kier molecular flexibility index (Phi) is 5.14. The number of hydrogen-bond acceptors (Lipinski definition) is 4. The maximum atomic E-state index is 12.5. The molecule has 1 aliphatic rings. The highest BCUT2D eigenvalue weighted by Gasteiger charge is 2.45. The summed E-state index contributed by atoms with van der Waals surface area (Å²) in [5.41, 5.74) is 2.14. The van der Waals surface area contributed by atoms with Crippen LogP contribution in [0.3, 0.4) is 0 Å². The predicted octanol–water partition coefficient (Wildman–Crippen LogP) is 3.16. The van der Waals surface area contributed by atoms with Crippen molar-refractivity contribution in [2.75, 3.05) is 6.54 Å². The molecule has 0 atom stereocenters. The number of benzene rings is 2. The fraction of sp³-hybridized carbons (Fsp3) is 0.273. The monoisotopic (exact) mass is 378 g/mol. The van der Waals surface area contributed by atoms with E-state index in [4.69, 9.17) is 0 Å². The Morgan fingerprint density at radius 2 is 1.39 bits per heavy atom. The van der Waals surface area contributed by atoms with Crippen molar-refractivity contribution in [1.29, 1.82) is 0 Å². The summed E-state index contributed by atoms with van der Waals surface area (Å²) < 4.78 is 0. The molecule has 0 unspecified atom stereocenters. The normalized spacial score (nSPS) is 14.8. The standard InChI is InChI=1S/C22H22N2O4/c1-22(2,3)17-11-9-16(10-12-17)18(25)14-24-20(27)19(26)23(21(24)28)13-15-7-5-4-6-8-15/h4-12H,13-14H2,1-3H3. The van der Waals surface area contributed by atoms with Crippen LogP contribution in [-0.2, 0) is 21.5 Å². The van der Waals surface area contributed by atoms with Gasteiger partial charge in [0.1, 0.15) is 0 Å². The number of ketones is 1. The van der Waals surface area contributed by atoms with E-state index in [9.17, 15) is 19.2 Å². The van der Waals surface area contributed by atoms with Crippen LogP contribution >= 0.6 is 0 Å². The van der Waals surface area contributed by atoms with E-state index in [-0.39, 0.29) is 12.0 Å². The van der Waals surface area contributed by atoms with Crippen molar-refractivity contribution in [3.63, 3.8) is 0 Å². The molecule has 1 saturated heterocycles. The van der Waals surface area contributed by atoms with E-state index in [1.165, 1.54) is 0 Å². The minimum atomic E-state index is -0.972. The summed E-state index contributed by atoms with van der Waals surface area (Å²) in [6, 6.07) is 15.2. The van der Waals surface area contributed by atoms with Crippen molar-refractivity contribution in [1.82, 2.24) is 9.80 Å². The van der Waals surface area contributed by atoms with E-state index in [2.05, 4.69) is 20.8 Å². The van der Waals surface area contributed by atoms with E-state index < -0.39 is 30.2 Å². The van der Waals surface area contributed by atoms with Gasteiger partial charge in [0, 0.05) is 5.56 Å². The zero-order valence-electron chi connectivity index (χ0n) is 16.1. The van der Waals surface area contributed by atoms with Crippen LogP contribution in [0.4, 0.5) is 4.79 Å². The number of urea groups is 1. The van der Waals surface area contributed by atoms with Crippen LogP contribution in [0.25, 0.3) is 0 Å². The maximum Gasteiger partial charge on any atom is 0.334 e. The van der Waals surface area contributed by atoms with Gasteiger partial charge in [0.05, 0.1) is 13.1 Å². The third-order valence-electron chi connectivity index (χ3n) is 4.69. The quantitative estimate of drug-likeness (QED) is 0.455. The minimum Gasteiger partial charge on any atom is -0.292 e. The SMILES string of the molecule is CC(C)(C)c1ccc(C(=O)CN2C(=O)C(=O)N(Cc3ccccc3)C2=O)cc1. The molecule has 0 radical (unpaired) electrons. The van der Waals surface area contributed by atoms with Crippen LogP contribution in [0.5, 0.6) is 0 Å². The Bertz CT molecular complexity index is 927. The topological polar surface area (TPSA) is 74.8 Å². The number of nitrogens with zero attached hydrogens (tertiary/aromatic N) is 2. The lowest BCUT2D eigenvalue weighted by atomic mass is 9.86. The zero-order chi connectivity index (χ0) is 20.5.